The van der Waals surface area contributed by atoms with Crippen molar-refractivity contribution >= 4 is 0 Å². The summed E-state index contributed by atoms with van der Waals surface area (Å²) in [6.07, 6.45) is 0.212. The number of para-hydroxylation sites is 1. The Balaban J connectivity index is 1.64. The average molecular weight is 285 g/mol. The van der Waals surface area contributed by atoms with Crippen molar-refractivity contribution in [3.63, 3.8) is 0 Å². The highest BCUT2D eigenvalue weighted by molar-refractivity contribution is 5.27. The lowest BCUT2D eigenvalue weighted by Crippen LogP contribution is -2.20. The molecule has 0 fully saturated rings. The molecule has 0 radical (unpaired) electrons. The van der Waals surface area contributed by atoms with E-state index >= 15 is 0 Å². The molecule has 3 nitrogen and oxygen atoms in total. The molecule has 3 heteroatoms. The second kappa shape index (κ2) is 8.32. The largest absolute Gasteiger partial charge is 0.492 e. The highest BCUT2D eigenvalue weighted by Crippen LogP contribution is 2.13. The van der Waals surface area contributed by atoms with E-state index in [2.05, 4.69) is 17.4 Å². The maximum Gasteiger partial charge on any atom is 0.119 e. The van der Waals surface area contributed by atoms with Crippen LogP contribution >= 0.6 is 0 Å². The molecule has 2 aromatic rings. The van der Waals surface area contributed by atoms with Crippen molar-refractivity contribution in [1.29, 1.82) is 0 Å². The zero-order chi connectivity index (χ0) is 14.9. The van der Waals surface area contributed by atoms with E-state index in [0.29, 0.717) is 6.61 Å². The second-order valence-corrected chi connectivity index (χ2v) is 5.15. The van der Waals surface area contributed by atoms with Gasteiger partial charge in [-0.25, -0.2) is 0 Å². The Morgan fingerprint density at radius 3 is 2.29 bits per heavy atom. The SMILES string of the molecule is CC(C)Oc1ccc(CNCCOc2ccccc2)cc1. The van der Waals surface area contributed by atoms with Crippen LogP contribution in [0.25, 0.3) is 0 Å². The first-order chi connectivity index (χ1) is 10.2. The number of rotatable bonds is 8. The van der Waals surface area contributed by atoms with E-state index in [0.717, 1.165) is 24.6 Å². The molecule has 0 saturated heterocycles. The first-order valence-corrected chi connectivity index (χ1v) is 7.38. The fourth-order valence-electron chi connectivity index (χ4n) is 1.95. The molecule has 0 aliphatic heterocycles. The van der Waals surface area contributed by atoms with Crippen LogP contribution in [0, 0.1) is 0 Å². The zero-order valence-corrected chi connectivity index (χ0v) is 12.7. The molecule has 112 valence electrons. The summed E-state index contributed by atoms with van der Waals surface area (Å²) in [5, 5.41) is 3.37. The van der Waals surface area contributed by atoms with Crippen molar-refractivity contribution in [3.8, 4) is 11.5 Å². The highest BCUT2D eigenvalue weighted by Gasteiger charge is 1.98. The third kappa shape index (κ3) is 5.88. The molecule has 0 aromatic heterocycles. The van der Waals surface area contributed by atoms with Gasteiger partial charge >= 0.3 is 0 Å². The van der Waals surface area contributed by atoms with Crippen LogP contribution in [-0.4, -0.2) is 19.3 Å². The van der Waals surface area contributed by atoms with Gasteiger partial charge in [0.05, 0.1) is 6.10 Å². The summed E-state index contributed by atoms with van der Waals surface area (Å²) in [7, 11) is 0. The quantitative estimate of drug-likeness (QED) is 0.751. The third-order valence-corrected chi connectivity index (χ3v) is 2.92. The van der Waals surface area contributed by atoms with Gasteiger partial charge in [-0.3, -0.25) is 0 Å². The van der Waals surface area contributed by atoms with Crippen molar-refractivity contribution in [2.75, 3.05) is 13.2 Å². The van der Waals surface area contributed by atoms with Crippen LogP contribution in [-0.2, 0) is 6.54 Å². The van der Waals surface area contributed by atoms with Crippen LogP contribution in [0.5, 0.6) is 11.5 Å². The van der Waals surface area contributed by atoms with Gasteiger partial charge in [-0.2, -0.15) is 0 Å². The van der Waals surface area contributed by atoms with Crippen molar-refractivity contribution in [1.82, 2.24) is 5.32 Å². The number of ether oxygens (including phenoxy) is 2. The van der Waals surface area contributed by atoms with Gasteiger partial charge in [-0.05, 0) is 43.7 Å². The Hall–Kier alpha value is -2.00. The Bertz CT molecular complexity index is 509. The van der Waals surface area contributed by atoms with Crippen molar-refractivity contribution < 1.29 is 9.47 Å². The van der Waals surface area contributed by atoms with E-state index in [4.69, 9.17) is 9.47 Å². The number of nitrogens with one attached hydrogen (secondary N) is 1. The molecule has 21 heavy (non-hydrogen) atoms. The van der Waals surface area contributed by atoms with E-state index in [1.807, 2.05) is 56.3 Å². The van der Waals surface area contributed by atoms with Gasteiger partial charge in [0.25, 0.3) is 0 Å². The van der Waals surface area contributed by atoms with Crippen molar-refractivity contribution in [2.24, 2.45) is 0 Å². The van der Waals surface area contributed by atoms with Crippen molar-refractivity contribution in [3.05, 3.63) is 60.2 Å². The Labute approximate surface area is 126 Å². The molecule has 0 unspecified atom stereocenters. The summed E-state index contributed by atoms with van der Waals surface area (Å²) in [4.78, 5) is 0. The number of hydrogen-bond acceptors (Lipinski definition) is 3. The molecule has 0 aliphatic rings. The van der Waals surface area contributed by atoms with Crippen molar-refractivity contribution in [2.45, 2.75) is 26.5 Å². The molecule has 2 rings (SSSR count). The summed E-state index contributed by atoms with van der Waals surface area (Å²) in [6.45, 7) is 6.38. The minimum atomic E-state index is 0.212. The van der Waals surface area contributed by atoms with Crippen LogP contribution in [0.15, 0.2) is 54.6 Å². The minimum Gasteiger partial charge on any atom is -0.492 e. The minimum absolute atomic E-state index is 0.212. The van der Waals surface area contributed by atoms with Crippen LogP contribution in [0.3, 0.4) is 0 Å². The highest BCUT2D eigenvalue weighted by atomic mass is 16.5. The topological polar surface area (TPSA) is 30.5 Å². The van der Waals surface area contributed by atoms with E-state index in [1.54, 1.807) is 0 Å². The average Bonchev–Trinajstić information content (AvgIpc) is 2.49. The fraction of sp³-hybridized carbons (Fsp3) is 0.333. The Morgan fingerprint density at radius 1 is 0.905 bits per heavy atom. The predicted molar refractivity (Wildman–Crippen MR) is 85.8 cm³/mol. The molecule has 0 atom stereocenters. The monoisotopic (exact) mass is 285 g/mol. The molecule has 0 bridgehead atoms. The first-order valence-electron chi connectivity index (χ1n) is 7.38. The molecule has 0 heterocycles. The van der Waals surface area contributed by atoms with Gasteiger partial charge in [-0.1, -0.05) is 30.3 Å². The molecular formula is C18H23NO2. The second-order valence-electron chi connectivity index (χ2n) is 5.15. The summed E-state index contributed by atoms with van der Waals surface area (Å²) in [5.74, 6) is 1.83. The Kier molecular flexibility index (Phi) is 6.10. The molecule has 0 amide bonds. The van der Waals surface area contributed by atoms with Gasteiger partial charge in [0, 0.05) is 13.1 Å². The third-order valence-electron chi connectivity index (χ3n) is 2.92. The molecular weight excluding hydrogens is 262 g/mol. The van der Waals surface area contributed by atoms with Gasteiger partial charge in [-0.15, -0.1) is 0 Å². The van der Waals surface area contributed by atoms with E-state index in [9.17, 15) is 0 Å². The van der Waals surface area contributed by atoms with Crippen LogP contribution in [0.2, 0.25) is 0 Å². The number of benzene rings is 2. The summed E-state index contributed by atoms with van der Waals surface area (Å²) in [5.41, 5.74) is 1.24. The lowest BCUT2D eigenvalue weighted by atomic mass is 10.2. The van der Waals surface area contributed by atoms with Crippen LogP contribution in [0.1, 0.15) is 19.4 Å². The lowest BCUT2D eigenvalue weighted by Gasteiger charge is -2.10. The van der Waals surface area contributed by atoms with Gasteiger partial charge in [0.1, 0.15) is 18.1 Å². The molecule has 0 spiro atoms. The summed E-state index contributed by atoms with van der Waals surface area (Å²) in [6, 6.07) is 18.1. The lowest BCUT2D eigenvalue weighted by molar-refractivity contribution is 0.242. The van der Waals surface area contributed by atoms with Gasteiger partial charge < -0.3 is 14.8 Å². The van der Waals surface area contributed by atoms with Gasteiger partial charge in [0.2, 0.25) is 0 Å². The smallest absolute Gasteiger partial charge is 0.119 e. The predicted octanol–water partition coefficient (Wildman–Crippen LogP) is 3.64. The summed E-state index contributed by atoms with van der Waals surface area (Å²) < 4.78 is 11.2. The molecule has 0 saturated carbocycles. The molecule has 2 aromatic carbocycles. The maximum atomic E-state index is 5.62. The molecule has 1 N–H and O–H groups in total. The standard InChI is InChI=1S/C18H23NO2/c1-15(2)21-18-10-8-16(9-11-18)14-19-12-13-20-17-6-4-3-5-7-17/h3-11,15,19H,12-14H2,1-2H3. The molecule has 0 aliphatic carbocycles. The zero-order valence-electron chi connectivity index (χ0n) is 12.7. The van der Waals surface area contributed by atoms with Crippen LogP contribution in [0.4, 0.5) is 0 Å². The van der Waals surface area contributed by atoms with E-state index < -0.39 is 0 Å². The number of hydrogen-bond donors (Lipinski definition) is 1. The summed E-state index contributed by atoms with van der Waals surface area (Å²) >= 11 is 0. The van der Waals surface area contributed by atoms with Gasteiger partial charge in [0.15, 0.2) is 0 Å². The van der Waals surface area contributed by atoms with E-state index in [1.165, 1.54) is 5.56 Å². The fourth-order valence-corrected chi connectivity index (χ4v) is 1.95. The first kappa shape index (κ1) is 15.4. The Morgan fingerprint density at radius 2 is 1.62 bits per heavy atom. The van der Waals surface area contributed by atoms with Crippen LogP contribution < -0.4 is 14.8 Å². The maximum absolute atomic E-state index is 5.62. The van der Waals surface area contributed by atoms with E-state index in [-0.39, 0.29) is 6.10 Å². The normalized spacial score (nSPS) is 10.6.